The molecule has 2 heterocycles. The van der Waals surface area contributed by atoms with Gasteiger partial charge in [0.25, 0.3) is 0 Å². The summed E-state index contributed by atoms with van der Waals surface area (Å²) in [5.74, 6) is 1.44. The Hall–Kier alpha value is -2.14. The molecule has 21 heavy (non-hydrogen) atoms. The number of thiophene rings is 1. The predicted molar refractivity (Wildman–Crippen MR) is 86.3 cm³/mol. The zero-order valence-corrected chi connectivity index (χ0v) is 13.0. The van der Waals surface area contributed by atoms with Gasteiger partial charge in [-0.25, -0.2) is 0 Å². The van der Waals surface area contributed by atoms with Gasteiger partial charge >= 0.3 is 0 Å². The van der Waals surface area contributed by atoms with Crippen LogP contribution in [0.25, 0.3) is 0 Å². The number of ether oxygens (including phenoxy) is 2. The summed E-state index contributed by atoms with van der Waals surface area (Å²) in [4.78, 5) is 1.10. The van der Waals surface area contributed by atoms with E-state index in [-0.39, 0.29) is 0 Å². The van der Waals surface area contributed by atoms with E-state index in [0.717, 1.165) is 39.6 Å². The van der Waals surface area contributed by atoms with Gasteiger partial charge in [-0.15, -0.1) is 16.4 Å². The summed E-state index contributed by atoms with van der Waals surface area (Å²) in [6.45, 7) is 1.99. The average Bonchev–Trinajstić information content (AvgIpc) is 2.97. The third-order valence-electron chi connectivity index (χ3n) is 3.39. The molecule has 5 heteroatoms. The van der Waals surface area contributed by atoms with Crippen LogP contribution in [0, 0.1) is 0 Å². The highest BCUT2D eigenvalue weighted by Crippen LogP contribution is 2.33. The van der Waals surface area contributed by atoms with Crippen molar-refractivity contribution in [2.75, 3.05) is 14.2 Å². The van der Waals surface area contributed by atoms with Gasteiger partial charge in [0.1, 0.15) is 5.71 Å². The highest BCUT2D eigenvalue weighted by molar-refractivity contribution is 7.12. The highest BCUT2D eigenvalue weighted by Gasteiger charge is 2.20. The van der Waals surface area contributed by atoms with E-state index in [1.54, 1.807) is 25.6 Å². The van der Waals surface area contributed by atoms with Crippen LogP contribution in [0.15, 0.2) is 39.8 Å². The molecule has 0 atom stereocenters. The molecular weight excluding hydrogens is 284 g/mol. The number of rotatable bonds is 3. The lowest BCUT2D eigenvalue weighted by atomic mass is 9.97. The molecule has 3 rings (SSSR count). The van der Waals surface area contributed by atoms with E-state index in [4.69, 9.17) is 9.47 Å². The summed E-state index contributed by atoms with van der Waals surface area (Å²) in [6.07, 6.45) is 0.758. The Bertz CT molecular complexity index is 718. The van der Waals surface area contributed by atoms with Crippen LogP contribution >= 0.6 is 11.3 Å². The maximum absolute atomic E-state index is 5.42. The number of methoxy groups -OCH3 is 2. The fourth-order valence-electron chi connectivity index (χ4n) is 2.38. The lowest BCUT2D eigenvalue weighted by molar-refractivity contribution is 0.354. The van der Waals surface area contributed by atoms with E-state index >= 15 is 0 Å². The predicted octanol–water partition coefficient (Wildman–Crippen LogP) is 3.53. The normalized spacial score (nSPS) is 13.9. The minimum Gasteiger partial charge on any atom is -0.493 e. The molecule has 0 saturated heterocycles. The lowest BCUT2D eigenvalue weighted by Gasteiger charge is -2.14. The van der Waals surface area contributed by atoms with Crippen molar-refractivity contribution in [3.63, 3.8) is 0 Å². The molecule has 0 amide bonds. The van der Waals surface area contributed by atoms with Crippen molar-refractivity contribution in [1.29, 1.82) is 0 Å². The first-order valence-corrected chi connectivity index (χ1v) is 7.51. The Kier molecular flexibility index (Phi) is 3.75. The molecule has 0 aliphatic carbocycles. The molecule has 0 bridgehead atoms. The van der Waals surface area contributed by atoms with E-state index < -0.39 is 0 Å². The molecule has 108 valence electrons. The third-order valence-corrected chi connectivity index (χ3v) is 4.26. The number of hydrogen-bond acceptors (Lipinski definition) is 5. The Morgan fingerprint density at radius 2 is 1.86 bits per heavy atom. The van der Waals surface area contributed by atoms with Crippen LogP contribution in [0.1, 0.15) is 22.9 Å². The number of nitrogens with zero attached hydrogens (tertiary/aromatic N) is 2. The van der Waals surface area contributed by atoms with Gasteiger partial charge in [-0.2, -0.15) is 5.10 Å². The second-order valence-electron chi connectivity index (χ2n) is 4.80. The van der Waals surface area contributed by atoms with E-state index in [2.05, 4.69) is 16.3 Å². The largest absolute Gasteiger partial charge is 0.493 e. The fraction of sp³-hybridized carbons (Fsp3) is 0.250. The van der Waals surface area contributed by atoms with E-state index in [1.165, 1.54) is 0 Å². The molecule has 1 aliphatic heterocycles. The summed E-state index contributed by atoms with van der Waals surface area (Å²) in [6, 6.07) is 8.08. The first kappa shape index (κ1) is 13.8. The van der Waals surface area contributed by atoms with Gasteiger partial charge < -0.3 is 9.47 Å². The quantitative estimate of drug-likeness (QED) is 0.870. The van der Waals surface area contributed by atoms with Crippen LogP contribution in [0.3, 0.4) is 0 Å². The van der Waals surface area contributed by atoms with Gasteiger partial charge in [-0.3, -0.25) is 0 Å². The summed E-state index contributed by atoms with van der Waals surface area (Å²) >= 11 is 1.65. The average molecular weight is 300 g/mol. The standard InChI is InChI=1S/C16H16N2O2S/c1-10-7-11-8-13(19-2)14(20-3)9-12(11)16(18-17-10)15-5-4-6-21-15/h4-6,8-9H,7H2,1-3H3. The first-order valence-electron chi connectivity index (χ1n) is 6.63. The van der Waals surface area contributed by atoms with Crippen molar-refractivity contribution < 1.29 is 9.47 Å². The van der Waals surface area contributed by atoms with Gasteiger partial charge in [0.15, 0.2) is 11.5 Å². The molecule has 0 unspecified atom stereocenters. The minimum atomic E-state index is 0.708. The van der Waals surface area contributed by atoms with E-state index in [0.29, 0.717) is 5.75 Å². The Morgan fingerprint density at radius 1 is 1.10 bits per heavy atom. The molecular formula is C16H16N2O2S. The van der Waals surface area contributed by atoms with E-state index in [9.17, 15) is 0 Å². The number of hydrogen-bond donors (Lipinski definition) is 0. The molecule has 4 nitrogen and oxygen atoms in total. The van der Waals surface area contributed by atoms with Crippen LogP contribution in [0.5, 0.6) is 11.5 Å². The smallest absolute Gasteiger partial charge is 0.161 e. The fourth-order valence-corrected chi connectivity index (χ4v) is 3.11. The summed E-state index contributed by atoms with van der Waals surface area (Å²) in [5, 5.41) is 10.8. The summed E-state index contributed by atoms with van der Waals surface area (Å²) in [7, 11) is 3.29. The zero-order valence-electron chi connectivity index (χ0n) is 12.2. The summed E-state index contributed by atoms with van der Waals surface area (Å²) < 4.78 is 10.8. The third kappa shape index (κ3) is 2.56. The second kappa shape index (κ2) is 5.69. The molecule has 1 aromatic heterocycles. The molecule has 0 fully saturated rings. The van der Waals surface area contributed by atoms with Crippen molar-refractivity contribution in [3.8, 4) is 11.5 Å². The Balaban J connectivity index is 2.21. The SMILES string of the molecule is COc1cc2c(cc1OC)C(c1cccs1)=NN=C(C)C2. The van der Waals surface area contributed by atoms with Gasteiger partial charge in [0, 0.05) is 17.7 Å². The van der Waals surface area contributed by atoms with E-state index in [1.807, 2.05) is 30.5 Å². The molecule has 2 aromatic rings. The maximum Gasteiger partial charge on any atom is 0.161 e. The first-order chi connectivity index (χ1) is 10.2. The van der Waals surface area contributed by atoms with Crippen molar-refractivity contribution in [2.45, 2.75) is 13.3 Å². The molecule has 1 aliphatic rings. The minimum absolute atomic E-state index is 0.708. The van der Waals surface area contributed by atoms with Gasteiger partial charge in [-0.1, -0.05) is 6.07 Å². The van der Waals surface area contributed by atoms with Crippen LogP contribution < -0.4 is 9.47 Å². The number of fused-ring (bicyclic) bond motifs is 1. The van der Waals surface area contributed by atoms with Crippen LogP contribution in [0.2, 0.25) is 0 Å². The van der Waals surface area contributed by atoms with Crippen molar-refractivity contribution in [2.24, 2.45) is 10.2 Å². The Morgan fingerprint density at radius 3 is 2.52 bits per heavy atom. The Labute approximate surface area is 127 Å². The highest BCUT2D eigenvalue weighted by atomic mass is 32.1. The van der Waals surface area contributed by atoms with Gasteiger partial charge in [0.05, 0.1) is 19.1 Å². The van der Waals surface area contributed by atoms with Crippen LogP contribution in [-0.4, -0.2) is 25.6 Å². The monoisotopic (exact) mass is 300 g/mol. The van der Waals surface area contributed by atoms with Crippen molar-refractivity contribution >= 4 is 22.8 Å². The zero-order chi connectivity index (χ0) is 14.8. The molecule has 0 spiro atoms. The lowest BCUT2D eigenvalue weighted by Crippen LogP contribution is -2.07. The molecule has 0 saturated carbocycles. The molecule has 0 N–H and O–H groups in total. The molecule has 1 aromatic carbocycles. The van der Waals surface area contributed by atoms with Crippen LogP contribution in [0.4, 0.5) is 0 Å². The van der Waals surface area contributed by atoms with Gasteiger partial charge in [-0.05, 0) is 36.1 Å². The van der Waals surface area contributed by atoms with Gasteiger partial charge in [0.2, 0.25) is 0 Å². The van der Waals surface area contributed by atoms with Crippen molar-refractivity contribution in [1.82, 2.24) is 0 Å². The summed E-state index contributed by atoms with van der Waals surface area (Å²) in [5.41, 5.74) is 4.07. The maximum atomic E-state index is 5.42. The molecule has 0 radical (unpaired) electrons. The second-order valence-corrected chi connectivity index (χ2v) is 5.75. The van der Waals surface area contributed by atoms with Crippen LogP contribution in [-0.2, 0) is 6.42 Å². The van der Waals surface area contributed by atoms with Crippen molar-refractivity contribution in [3.05, 3.63) is 45.6 Å². The number of benzene rings is 1. The topological polar surface area (TPSA) is 43.2 Å².